The number of aryl methyl sites for hydroxylation is 14. The van der Waals surface area contributed by atoms with Crippen LogP contribution in [-0.2, 0) is 0 Å². The third-order valence-electron chi connectivity index (χ3n) is 6.26. The molecule has 0 aliphatic rings. The van der Waals surface area contributed by atoms with E-state index in [4.69, 9.17) is 4.42 Å². The molecule has 0 N–H and O–H groups in total. The zero-order chi connectivity index (χ0) is 39.1. The number of hydrogen-bond acceptors (Lipinski definition) is 10. The maximum Gasteiger partial charge on any atom is 0.114 e. The fourth-order valence-corrected chi connectivity index (χ4v) is 5.79. The molecule has 7 aromatic heterocycles. The van der Waals surface area contributed by atoms with E-state index in [-0.39, 0.29) is 0 Å². The molecular weight excluding hydrogens is 701 g/mol. The summed E-state index contributed by atoms with van der Waals surface area (Å²) in [6, 6.07) is 22.3. The summed E-state index contributed by atoms with van der Waals surface area (Å²) < 4.78 is 5.08. The van der Waals surface area contributed by atoms with Crippen LogP contribution in [0.25, 0.3) is 0 Å². The lowest BCUT2D eigenvalue weighted by Crippen LogP contribution is -1.81. The summed E-state index contributed by atoms with van der Waals surface area (Å²) in [5.41, 5.74) is 6.77. The number of thiophene rings is 1. The molecule has 0 bridgehead atoms. The smallest absolute Gasteiger partial charge is 0.114 e. The Balaban J connectivity index is 0.000000304. The second-order valence-corrected chi connectivity index (χ2v) is 16.3. The molecule has 0 amide bonds. The van der Waals surface area contributed by atoms with Gasteiger partial charge in [-0.1, -0.05) is 18.2 Å². The molecular formula is C42H56N6OS3. The van der Waals surface area contributed by atoms with E-state index in [0.29, 0.717) is 0 Å². The van der Waals surface area contributed by atoms with Gasteiger partial charge in [-0.3, -0.25) is 15.0 Å². The molecule has 0 saturated heterocycles. The minimum atomic E-state index is 0.984. The Hall–Kier alpha value is -4.38. The average molecular weight is 757 g/mol. The van der Waals surface area contributed by atoms with E-state index in [2.05, 4.69) is 75.2 Å². The average Bonchev–Trinajstić information content (AvgIpc) is 3.87. The molecule has 7 heterocycles. The molecule has 0 radical (unpaired) electrons. The van der Waals surface area contributed by atoms with Crippen LogP contribution in [0.5, 0.6) is 0 Å². The quantitative estimate of drug-likeness (QED) is 0.152. The highest BCUT2D eigenvalue weighted by molar-refractivity contribution is 7.12. The van der Waals surface area contributed by atoms with Crippen molar-refractivity contribution >= 4 is 34.0 Å². The minimum absolute atomic E-state index is 0.984. The first kappa shape index (κ1) is 45.6. The Bertz CT molecular complexity index is 1620. The van der Waals surface area contributed by atoms with E-state index in [1.54, 1.807) is 22.7 Å². The monoisotopic (exact) mass is 756 g/mol. The summed E-state index contributed by atoms with van der Waals surface area (Å²) in [7, 11) is 0. The third kappa shape index (κ3) is 23.9. The van der Waals surface area contributed by atoms with Gasteiger partial charge < -0.3 is 4.42 Å². The summed E-state index contributed by atoms with van der Waals surface area (Å²) in [6.45, 7) is 28.1. The number of hydrogen-bond donors (Lipinski definition) is 0. The molecule has 278 valence electrons. The zero-order valence-electron chi connectivity index (χ0n) is 33.4. The maximum atomic E-state index is 5.08. The minimum Gasteiger partial charge on any atom is -0.467 e. The van der Waals surface area contributed by atoms with E-state index in [1.807, 2.05) is 149 Å². The first-order chi connectivity index (χ1) is 24.5. The van der Waals surface area contributed by atoms with Gasteiger partial charge in [-0.2, -0.15) is 0 Å². The number of aromatic nitrogens is 6. The van der Waals surface area contributed by atoms with E-state index in [9.17, 15) is 0 Å². The van der Waals surface area contributed by atoms with Gasteiger partial charge in [0.1, 0.15) is 21.5 Å². The van der Waals surface area contributed by atoms with Crippen molar-refractivity contribution in [2.24, 2.45) is 0 Å². The van der Waals surface area contributed by atoms with E-state index in [1.165, 1.54) is 25.8 Å². The maximum absolute atomic E-state index is 5.08. The molecule has 0 aliphatic heterocycles. The highest BCUT2D eigenvalue weighted by Crippen LogP contribution is 2.12. The van der Waals surface area contributed by atoms with Crippen molar-refractivity contribution in [2.75, 3.05) is 0 Å². The molecule has 52 heavy (non-hydrogen) atoms. The SMILES string of the molecule is Cc1ccc(C)nc1.Cc1ccc(C)nc1.Cc1ccc(C)o1.Cc1ccc(C)s1.Cc1cccc(C)n1.Cc1cnc(C)s1.Cc1nnc(C)s1. The molecule has 0 unspecified atom stereocenters. The first-order valence-electron chi connectivity index (χ1n) is 16.9. The van der Waals surface area contributed by atoms with Gasteiger partial charge >= 0.3 is 0 Å². The molecule has 0 atom stereocenters. The zero-order valence-corrected chi connectivity index (χ0v) is 35.8. The molecule has 0 fully saturated rings. The second kappa shape index (κ2) is 25.6. The summed E-state index contributed by atoms with van der Waals surface area (Å²) in [6.07, 6.45) is 5.63. The Morgan fingerprint density at radius 1 is 0.385 bits per heavy atom. The Morgan fingerprint density at radius 3 is 1.02 bits per heavy atom. The van der Waals surface area contributed by atoms with Gasteiger partial charge in [0.05, 0.1) is 5.01 Å². The van der Waals surface area contributed by atoms with Crippen LogP contribution in [0.4, 0.5) is 0 Å². The topological polar surface area (TPSA) is 90.5 Å². The number of rotatable bonds is 0. The van der Waals surface area contributed by atoms with Crippen molar-refractivity contribution in [2.45, 2.75) is 96.9 Å². The van der Waals surface area contributed by atoms with Crippen molar-refractivity contribution in [1.82, 2.24) is 30.1 Å². The van der Waals surface area contributed by atoms with Crippen LogP contribution >= 0.6 is 34.0 Å². The largest absolute Gasteiger partial charge is 0.467 e. The number of nitrogens with zero attached hydrogens (tertiary/aromatic N) is 6. The Morgan fingerprint density at radius 2 is 0.846 bits per heavy atom. The van der Waals surface area contributed by atoms with E-state index in [0.717, 1.165) is 49.3 Å². The molecule has 0 saturated carbocycles. The predicted molar refractivity (Wildman–Crippen MR) is 224 cm³/mol. The van der Waals surface area contributed by atoms with Gasteiger partial charge in [-0.15, -0.1) is 44.2 Å². The fraction of sp³-hybridized carbons (Fsp3) is 0.333. The molecule has 0 aliphatic carbocycles. The fourth-order valence-electron chi connectivity index (χ4n) is 3.74. The number of furan rings is 1. The van der Waals surface area contributed by atoms with Gasteiger partial charge in [0.15, 0.2) is 0 Å². The van der Waals surface area contributed by atoms with Crippen LogP contribution in [0.2, 0.25) is 0 Å². The number of pyridine rings is 3. The molecule has 7 rings (SSSR count). The summed E-state index contributed by atoms with van der Waals surface area (Å²) in [5.74, 6) is 1.97. The van der Waals surface area contributed by atoms with Gasteiger partial charge in [-0.05, 0) is 157 Å². The molecule has 0 aromatic carbocycles. The van der Waals surface area contributed by atoms with Crippen LogP contribution in [0, 0.1) is 96.9 Å². The lowest BCUT2D eigenvalue weighted by molar-refractivity contribution is 0.504. The van der Waals surface area contributed by atoms with Crippen LogP contribution < -0.4 is 0 Å². The van der Waals surface area contributed by atoms with Crippen LogP contribution in [0.1, 0.15) is 75.1 Å². The Kier molecular flexibility index (Phi) is 22.4. The Labute approximate surface area is 324 Å². The standard InChI is InChI=1S/3C7H9N.C6H8O.C6H8S.C5H7NS.C4H6N2S/c2*1-6-3-4-7(2)8-5-6;1-6-4-3-5-7(2)8-6;2*1-5-3-4-6(2)7-5;1-4-3-6-5(2)7-4;1-3-5-6-4(2)7-3/h3*3-5H,1-2H3;2*3-4H,1-2H3;3H,1-2H3;1-2H3. The van der Waals surface area contributed by atoms with Gasteiger partial charge in [-0.25, -0.2) is 4.98 Å². The second-order valence-electron chi connectivity index (χ2n) is 12.0. The first-order valence-corrected chi connectivity index (χ1v) is 19.4. The molecule has 10 heteroatoms. The van der Waals surface area contributed by atoms with Gasteiger partial charge in [0, 0.05) is 56.0 Å². The lowest BCUT2D eigenvalue weighted by Gasteiger charge is -1.90. The van der Waals surface area contributed by atoms with Crippen molar-refractivity contribution in [3.8, 4) is 0 Å². The van der Waals surface area contributed by atoms with Crippen molar-refractivity contribution < 1.29 is 4.42 Å². The molecule has 0 spiro atoms. The van der Waals surface area contributed by atoms with Gasteiger partial charge in [0.2, 0.25) is 0 Å². The molecule has 7 aromatic rings. The van der Waals surface area contributed by atoms with Crippen molar-refractivity contribution in [3.63, 3.8) is 0 Å². The van der Waals surface area contributed by atoms with Gasteiger partial charge in [0.25, 0.3) is 0 Å². The summed E-state index contributed by atoms with van der Waals surface area (Å²) in [4.78, 5) is 20.5. The van der Waals surface area contributed by atoms with E-state index >= 15 is 0 Å². The highest BCUT2D eigenvalue weighted by atomic mass is 32.1. The van der Waals surface area contributed by atoms with E-state index < -0.39 is 0 Å². The highest BCUT2D eigenvalue weighted by Gasteiger charge is 1.89. The van der Waals surface area contributed by atoms with Crippen LogP contribution in [-0.4, -0.2) is 30.1 Å². The lowest BCUT2D eigenvalue weighted by atomic mass is 10.3. The van der Waals surface area contributed by atoms with Crippen LogP contribution in [0.3, 0.4) is 0 Å². The van der Waals surface area contributed by atoms with Crippen LogP contribution in [0.15, 0.2) is 89.7 Å². The van der Waals surface area contributed by atoms with Crippen molar-refractivity contribution in [3.05, 3.63) is 160 Å². The summed E-state index contributed by atoms with van der Waals surface area (Å²) >= 11 is 5.19. The predicted octanol–water partition coefficient (Wildman–Crippen LogP) is 12.3. The molecule has 7 nitrogen and oxygen atoms in total. The normalized spacial score (nSPS) is 9.35. The number of thiazole rings is 1. The van der Waals surface area contributed by atoms with Crippen molar-refractivity contribution in [1.29, 1.82) is 0 Å². The summed E-state index contributed by atoms with van der Waals surface area (Å²) in [5, 5.41) is 10.8. The third-order valence-corrected chi connectivity index (χ3v) is 8.76.